The molecule has 0 radical (unpaired) electrons. The molecular weight excluding hydrogens is 196 g/mol. The maximum absolute atomic E-state index is 4.03. The topological polar surface area (TPSA) is 17.8 Å². The number of imidazole rings is 1. The summed E-state index contributed by atoms with van der Waals surface area (Å²) in [6, 6.07) is 8.63. The number of allylic oxidation sites excluding steroid dienone is 1. The van der Waals surface area contributed by atoms with Gasteiger partial charge in [-0.3, -0.25) is 0 Å². The highest BCUT2D eigenvalue weighted by Crippen LogP contribution is 2.08. The minimum Gasteiger partial charge on any atom is -0.333 e. The summed E-state index contributed by atoms with van der Waals surface area (Å²) in [5.41, 5.74) is 2.56. The van der Waals surface area contributed by atoms with Crippen LogP contribution in [0, 0.1) is 0 Å². The Bertz CT molecular complexity index is 438. The molecule has 82 valence electrons. The smallest absolute Gasteiger partial charge is 0.0949 e. The van der Waals surface area contributed by atoms with Crippen molar-refractivity contribution in [2.45, 2.75) is 19.9 Å². The maximum atomic E-state index is 4.03. The van der Waals surface area contributed by atoms with E-state index in [0.717, 1.165) is 13.0 Å². The lowest BCUT2D eigenvalue weighted by Crippen LogP contribution is -1.95. The number of nitrogens with zero attached hydrogens (tertiary/aromatic N) is 2. The molecule has 0 saturated heterocycles. The molecule has 0 aliphatic rings. The molecule has 16 heavy (non-hydrogen) atoms. The molecule has 2 aromatic rings. The number of aromatic nitrogens is 2. The first-order chi connectivity index (χ1) is 7.88. The summed E-state index contributed by atoms with van der Waals surface area (Å²) in [5.74, 6) is 0. The molecule has 1 aromatic heterocycles. The predicted octanol–water partition coefficient (Wildman–Crippen LogP) is 3.35. The van der Waals surface area contributed by atoms with Gasteiger partial charge in [0.05, 0.1) is 6.33 Å². The summed E-state index contributed by atoms with van der Waals surface area (Å²) in [5, 5.41) is 0. The molecule has 0 fully saturated rings. The second-order valence-corrected chi connectivity index (χ2v) is 3.79. The Hall–Kier alpha value is -1.83. The molecule has 1 heterocycles. The van der Waals surface area contributed by atoms with Crippen molar-refractivity contribution in [2.24, 2.45) is 0 Å². The van der Waals surface area contributed by atoms with Crippen LogP contribution in [0.15, 0.2) is 49.1 Å². The molecule has 2 nitrogen and oxygen atoms in total. The first-order valence-electron chi connectivity index (χ1n) is 5.59. The fourth-order valence-corrected chi connectivity index (χ4v) is 1.58. The number of hydrogen-bond acceptors (Lipinski definition) is 1. The summed E-state index contributed by atoms with van der Waals surface area (Å²) in [6.07, 6.45) is 11.0. The van der Waals surface area contributed by atoms with Crippen LogP contribution >= 0.6 is 0 Å². The van der Waals surface area contributed by atoms with Crippen LogP contribution in [0.2, 0.25) is 0 Å². The molecule has 0 saturated carbocycles. The van der Waals surface area contributed by atoms with E-state index in [1.54, 1.807) is 6.20 Å². The normalized spacial score (nSPS) is 11.1. The van der Waals surface area contributed by atoms with Crippen molar-refractivity contribution < 1.29 is 0 Å². The van der Waals surface area contributed by atoms with Crippen LogP contribution in [0.3, 0.4) is 0 Å². The molecule has 0 unspecified atom stereocenters. The van der Waals surface area contributed by atoms with Crippen molar-refractivity contribution in [3.05, 3.63) is 60.2 Å². The zero-order valence-electron chi connectivity index (χ0n) is 9.50. The SMILES string of the molecule is CCC=Cc1ccc(Cn2ccnc2)cc1. The molecule has 0 N–H and O–H groups in total. The molecule has 0 aliphatic carbocycles. The van der Waals surface area contributed by atoms with Crippen molar-refractivity contribution >= 4 is 6.08 Å². The second-order valence-electron chi connectivity index (χ2n) is 3.79. The summed E-state index contributed by atoms with van der Waals surface area (Å²) in [4.78, 5) is 4.03. The molecule has 0 aliphatic heterocycles. The standard InChI is InChI=1S/C14H16N2/c1-2-3-4-13-5-7-14(8-6-13)11-16-10-9-15-12-16/h3-10,12H,2,11H2,1H3. The van der Waals surface area contributed by atoms with E-state index >= 15 is 0 Å². The van der Waals surface area contributed by atoms with Gasteiger partial charge in [0.2, 0.25) is 0 Å². The van der Waals surface area contributed by atoms with Gasteiger partial charge in [0.15, 0.2) is 0 Å². The van der Waals surface area contributed by atoms with Crippen molar-refractivity contribution in [3.8, 4) is 0 Å². The average Bonchev–Trinajstić information content (AvgIpc) is 2.81. The number of hydrogen-bond donors (Lipinski definition) is 0. The minimum absolute atomic E-state index is 0.887. The fourth-order valence-electron chi connectivity index (χ4n) is 1.58. The third-order valence-corrected chi connectivity index (χ3v) is 2.45. The van der Waals surface area contributed by atoms with Gasteiger partial charge in [-0.05, 0) is 17.5 Å². The Morgan fingerprint density at radius 3 is 2.69 bits per heavy atom. The monoisotopic (exact) mass is 212 g/mol. The quantitative estimate of drug-likeness (QED) is 0.760. The van der Waals surface area contributed by atoms with Gasteiger partial charge in [0.1, 0.15) is 0 Å². The molecule has 2 rings (SSSR count). The predicted molar refractivity (Wildman–Crippen MR) is 67.1 cm³/mol. The molecule has 0 amide bonds. The van der Waals surface area contributed by atoms with Crippen LogP contribution in [0.25, 0.3) is 6.08 Å². The molecule has 0 bridgehead atoms. The summed E-state index contributed by atoms with van der Waals surface area (Å²) in [7, 11) is 0. The van der Waals surface area contributed by atoms with Crippen LogP contribution in [0.4, 0.5) is 0 Å². The number of benzene rings is 1. The second kappa shape index (κ2) is 5.31. The van der Waals surface area contributed by atoms with Crippen molar-refractivity contribution in [2.75, 3.05) is 0 Å². The van der Waals surface area contributed by atoms with Gasteiger partial charge in [-0.15, -0.1) is 0 Å². The van der Waals surface area contributed by atoms with Crippen molar-refractivity contribution in [1.82, 2.24) is 9.55 Å². The van der Waals surface area contributed by atoms with Gasteiger partial charge in [-0.1, -0.05) is 43.3 Å². The van der Waals surface area contributed by atoms with Crippen molar-refractivity contribution in [1.29, 1.82) is 0 Å². The Balaban J connectivity index is 2.05. The van der Waals surface area contributed by atoms with E-state index in [1.807, 2.05) is 12.5 Å². The maximum Gasteiger partial charge on any atom is 0.0949 e. The summed E-state index contributed by atoms with van der Waals surface area (Å²) < 4.78 is 2.07. The van der Waals surface area contributed by atoms with E-state index in [4.69, 9.17) is 0 Å². The lowest BCUT2D eigenvalue weighted by Gasteiger charge is -2.02. The average molecular weight is 212 g/mol. The zero-order chi connectivity index (χ0) is 11.2. The minimum atomic E-state index is 0.887. The third-order valence-electron chi connectivity index (χ3n) is 2.45. The van der Waals surface area contributed by atoms with E-state index in [9.17, 15) is 0 Å². The van der Waals surface area contributed by atoms with Gasteiger partial charge < -0.3 is 4.57 Å². The molecule has 1 aromatic carbocycles. The van der Waals surface area contributed by atoms with E-state index in [0.29, 0.717) is 0 Å². The molecular formula is C14H16N2. The van der Waals surface area contributed by atoms with Crippen LogP contribution in [-0.4, -0.2) is 9.55 Å². The molecule has 2 heteroatoms. The van der Waals surface area contributed by atoms with Crippen LogP contribution < -0.4 is 0 Å². The lowest BCUT2D eigenvalue weighted by atomic mass is 10.1. The highest BCUT2D eigenvalue weighted by atomic mass is 15.0. The Morgan fingerprint density at radius 2 is 2.06 bits per heavy atom. The van der Waals surface area contributed by atoms with Gasteiger partial charge in [0.25, 0.3) is 0 Å². The van der Waals surface area contributed by atoms with Crippen LogP contribution in [0.1, 0.15) is 24.5 Å². The van der Waals surface area contributed by atoms with E-state index in [-0.39, 0.29) is 0 Å². The number of rotatable bonds is 4. The van der Waals surface area contributed by atoms with E-state index < -0.39 is 0 Å². The van der Waals surface area contributed by atoms with Gasteiger partial charge >= 0.3 is 0 Å². The summed E-state index contributed by atoms with van der Waals surface area (Å²) >= 11 is 0. The summed E-state index contributed by atoms with van der Waals surface area (Å²) in [6.45, 7) is 3.03. The highest BCUT2D eigenvalue weighted by Gasteiger charge is 1.94. The first kappa shape index (κ1) is 10.7. The third kappa shape index (κ3) is 2.83. The largest absolute Gasteiger partial charge is 0.333 e. The van der Waals surface area contributed by atoms with Gasteiger partial charge in [-0.2, -0.15) is 0 Å². The first-order valence-corrected chi connectivity index (χ1v) is 5.59. The van der Waals surface area contributed by atoms with Crippen LogP contribution in [0.5, 0.6) is 0 Å². The van der Waals surface area contributed by atoms with Gasteiger partial charge in [0, 0.05) is 18.9 Å². The Kier molecular flexibility index (Phi) is 3.54. The Morgan fingerprint density at radius 1 is 1.25 bits per heavy atom. The lowest BCUT2D eigenvalue weighted by molar-refractivity contribution is 0.797. The zero-order valence-corrected chi connectivity index (χ0v) is 9.50. The van der Waals surface area contributed by atoms with Gasteiger partial charge in [-0.25, -0.2) is 4.98 Å². The highest BCUT2D eigenvalue weighted by molar-refractivity contribution is 5.49. The van der Waals surface area contributed by atoms with E-state index in [1.165, 1.54) is 11.1 Å². The Labute approximate surface area is 96.3 Å². The van der Waals surface area contributed by atoms with Crippen LogP contribution in [-0.2, 0) is 6.54 Å². The van der Waals surface area contributed by atoms with Crippen molar-refractivity contribution in [3.63, 3.8) is 0 Å². The molecule has 0 atom stereocenters. The fraction of sp³-hybridized carbons (Fsp3) is 0.214. The molecule has 0 spiro atoms. The van der Waals surface area contributed by atoms with E-state index in [2.05, 4.69) is 52.9 Å².